The molecule has 698 valence electrons. The number of aliphatic hydroxyl groups is 14. The SMILES string of the molecule is CCN(CC)c1ccc2c(c1)Oc1cc(N(CC)CC)ccc1C2=c1ccccc1=C(O)N[C@@]1(C)C[C@H](O[C@H]2[C@H](Oc3c4cc5cc3Oc3ccc(cc3Cl)[C@@H](O)[C@@H](N=C(O)[C@H]([NH3+])CC(C)C)C(O)=[NH+][C@@H](CC([NH-])=O)C(O)=N[C@H]5C(O)=N[C@@H]3C5=C/C(=C6/C(O)=CC(=O)C=C6[C@@H](C(=O)O)N=C(O)[C@@H](N=C3O)[C@H](O)c3ccc(c(Cl)c3)O4)C(=O)C=C5)O[C@H](CO)[C@@H](O)[C@@H]2O)O[C@@H](C)[C@H]1O. The van der Waals surface area contributed by atoms with Crippen LogP contribution in [0.1, 0.15) is 121 Å². The summed E-state index contributed by atoms with van der Waals surface area (Å²) in [7, 11) is 0. The zero-order valence-electron chi connectivity index (χ0n) is 72.6. The second-order valence-corrected chi connectivity index (χ2v) is 34.2. The number of ether oxygens (including phenoxy) is 7. The number of fused-ring (bicyclic) bond motifs is 12. The highest BCUT2D eigenvalue weighted by Crippen LogP contribution is 2.51. The summed E-state index contributed by atoms with van der Waals surface area (Å²) in [6.07, 6.45) is -15.8. The Labute approximate surface area is 765 Å². The van der Waals surface area contributed by atoms with Crippen molar-refractivity contribution in [2.75, 3.05) is 42.6 Å². The van der Waals surface area contributed by atoms with Crippen LogP contribution in [0.4, 0.5) is 11.4 Å². The summed E-state index contributed by atoms with van der Waals surface area (Å²) in [5, 5.41) is 186. The van der Waals surface area contributed by atoms with Crippen LogP contribution < -0.4 is 55.2 Å². The van der Waals surface area contributed by atoms with E-state index in [-0.39, 0.29) is 39.5 Å². The van der Waals surface area contributed by atoms with Crippen LogP contribution in [0.25, 0.3) is 17.2 Å². The van der Waals surface area contributed by atoms with Crippen LogP contribution >= 0.6 is 23.2 Å². The Balaban J connectivity index is 0.959. The van der Waals surface area contributed by atoms with Crippen molar-refractivity contribution in [3.05, 3.63) is 222 Å². The number of hydrogen-bond acceptors (Lipinski definition) is 27. The second kappa shape index (κ2) is 39.3. The number of aliphatic hydroxyl groups excluding tert-OH is 14. The first-order valence-corrected chi connectivity index (χ1v) is 43.4. The fraction of sp³-hybridized carbons (Fsp3) is 0.376. The molecule has 8 aliphatic heterocycles. The van der Waals surface area contributed by atoms with Gasteiger partial charge in [0.2, 0.25) is 47.7 Å². The van der Waals surface area contributed by atoms with E-state index in [4.69, 9.17) is 62.1 Å². The van der Waals surface area contributed by atoms with Crippen molar-refractivity contribution in [1.82, 2.24) is 5.32 Å². The molecule has 0 saturated carbocycles. The minimum atomic E-state index is -2.41. The second-order valence-electron chi connectivity index (χ2n) is 33.4. The number of amides is 1. The van der Waals surface area contributed by atoms with Crippen molar-refractivity contribution in [2.45, 2.75) is 184 Å². The van der Waals surface area contributed by atoms with E-state index < -0.39 is 255 Å². The Morgan fingerprint density at radius 2 is 1.27 bits per heavy atom. The zero-order chi connectivity index (χ0) is 95.1. The number of ketones is 2. The van der Waals surface area contributed by atoms with Crippen LogP contribution in [0.2, 0.25) is 10.0 Å². The number of rotatable bonds is 20. The average molecular weight is 1860 g/mol. The van der Waals surface area contributed by atoms with Gasteiger partial charge in [-0.25, -0.2) is 34.7 Å². The lowest BCUT2D eigenvalue weighted by atomic mass is 9.83. The van der Waals surface area contributed by atoms with Crippen LogP contribution in [0.3, 0.4) is 0 Å². The predicted molar refractivity (Wildman–Crippen MR) is 484 cm³/mol. The van der Waals surface area contributed by atoms with Crippen molar-refractivity contribution in [3.63, 3.8) is 0 Å². The third-order valence-electron chi connectivity index (χ3n) is 24.0. The number of halogens is 2. The van der Waals surface area contributed by atoms with Gasteiger partial charge in [0.25, 0.3) is 5.90 Å². The number of nitrogens with one attached hydrogen (secondary N) is 3. The van der Waals surface area contributed by atoms with Gasteiger partial charge in [0, 0.05) is 107 Å². The van der Waals surface area contributed by atoms with Crippen molar-refractivity contribution in [2.24, 2.45) is 30.9 Å². The minimum absolute atomic E-state index is 0.0938. The van der Waals surface area contributed by atoms with E-state index in [1.165, 1.54) is 19.1 Å². The van der Waals surface area contributed by atoms with Gasteiger partial charge >= 0.3 is 11.9 Å². The Bertz CT molecular complexity index is 5990. The van der Waals surface area contributed by atoms with Crippen LogP contribution in [-0.4, -0.2) is 259 Å². The molecule has 6 aromatic rings. The van der Waals surface area contributed by atoms with Gasteiger partial charge in [0.15, 0.2) is 71.6 Å². The Morgan fingerprint density at radius 1 is 0.682 bits per heavy atom. The van der Waals surface area contributed by atoms with Gasteiger partial charge in [0.1, 0.15) is 65.4 Å². The first-order valence-electron chi connectivity index (χ1n) is 42.7. The third-order valence-corrected chi connectivity index (χ3v) is 24.5. The summed E-state index contributed by atoms with van der Waals surface area (Å²) in [6.45, 7) is 16.8. The van der Waals surface area contributed by atoms with E-state index in [0.717, 1.165) is 92.2 Å². The number of carbonyl (C=O) groups is 4. The van der Waals surface area contributed by atoms with E-state index >= 15 is 0 Å². The summed E-state index contributed by atoms with van der Waals surface area (Å²) in [6, 6.07) is 13.5. The molecular formula is C93H102Cl2N11O26+. The van der Waals surface area contributed by atoms with E-state index in [2.05, 4.69) is 78.5 Å². The molecule has 21 N–H and O–H groups in total. The standard InChI is InChI=1S/C93H101Cl2N11O26/c1-9-105(10-2)46-20-22-51-63(33-46)129-64-34-47(106(11-3)12-4)21-23-52(64)70(51)49-15-13-14-16-50(49)84(117)104-93(8)38-69(126-41(7)83(93)116)131-82-80(115)79(114)67(39-107)130-92(82)132-81-65-31-45-32-66(81)128-62-26-19-44(30-56(62)95)78(113)76-90(123)101-74(91(124)125)54-35-48(108)36-60(110)71(54)53-28-42(17-24-59(53)109)72(87(120)103-76)100-88(121)73(45)99-86(119)58(37-68(97)111)98-89(122)75(102-85(118)57(96)27-40(5)6)77(112)43-18-25-61(127-65)55(94)29-43/h13-26,28-36,40-41,57-58,67,69,72-80,82-83,92,104,107,112-116H,9-12,27,37-39,96H2,1-8H3,(H11,97,98,99,100,101,102,103,108,110,111,117,118,119,120,121,122,123,124,125)/p+1/b71-53-,84-50?/t41-,57+,58-,67+,69-,72+,73+,74-,75+,76-,77+,78+,79+,80-,82+,83+,92-,93-/m0/s1. The number of hydrogen-bond donors (Lipinski definition) is 18. The number of carboxylic acids is 1. The largest absolute Gasteiger partial charge is 0.668 e. The monoisotopic (exact) mass is 1860 g/mol. The fourth-order valence-electron chi connectivity index (χ4n) is 17.1. The van der Waals surface area contributed by atoms with Gasteiger partial charge in [-0.15, -0.1) is 0 Å². The molecule has 6 aromatic carbocycles. The number of anilines is 2. The number of allylic oxidation sites excluding steroid dienone is 6. The lowest BCUT2D eigenvalue weighted by Crippen LogP contribution is -2.84. The summed E-state index contributed by atoms with van der Waals surface area (Å²) < 4.78 is 46.9. The smallest absolute Gasteiger partial charge is 0.361 e. The molecule has 11 bridgehead atoms. The molecule has 16 rings (SSSR count). The van der Waals surface area contributed by atoms with E-state index in [1.54, 1.807) is 19.1 Å². The summed E-state index contributed by atoms with van der Waals surface area (Å²) in [5.41, 5.74) is 11.3. The highest BCUT2D eigenvalue weighted by Gasteiger charge is 2.53. The van der Waals surface area contributed by atoms with Crippen molar-refractivity contribution in [1.29, 1.82) is 0 Å². The zero-order valence-corrected chi connectivity index (χ0v) is 74.1. The van der Waals surface area contributed by atoms with Crippen molar-refractivity contribution in [3.8, 4) is 40.2 Å². The highest BCUT2D eigenvalue weighted by atomic mass is 35.5. The maximum atomic E-state index is 14.3. The number of aliphatic imine (C=N–C) groups is 5. The van der Waals surface area contributed by atoms with Gasteiger partial charge in [0.05, 0.1) is 40.6 Å². The number of carboxylic acid groups (broad SMARTS) is 1. The summed E-state index contributed by atoms with van der Waals surface area (Å²) in [5.74, 6) is -15.6. The highest BCUT2D eigenvalue weighted by molar-refractivity contribution is 6.32. The molecule has 0 aromatic heterocycles. The normalized spacial score (nSPS) is 27.7. The van der Waals surface area contributed by atoms with Crippen LogP contribution in [0, 0.1) is 5.92 Å². The molecule has 0 spiro atoms. The Kier molecular flexibility index (Phi) is 28.4. The Morgan fingerprint density at radius 3 is 1.86 bits per heavy atom. The maximum absolute atomic E-state index is 14.3. The van der Waals surface area contributed by atoms with E-state index in [9.17, 15) is 95.8 Å². The number of nitrogens with zero attached hydrogens (tertiary/aromatic N) is 7. The molecule has 10 aliphatic rings. The number of carbonyl (C=O) groups excluding carboxylic acids is 3. The predicted octanol–water partition coefficient (Wildman–Crippen LogP) is 6.83. The molecule has 39 heteroatoms. The first-order chi connectivity index (χ1) is 62.8. The van der Waals surface area contributed by atoms with Crippen LogP contribution in [0.15, 0.2) is 193 Å². The molecule has 2 aliphatic carbocycles. The van der Waals surface area contributed by atoms with E-state index in [1.807, 2.05) is 62.4 Å². The van der Waals surface area contributed by atoms with Gasteiger partial charge in [-0.05, 0) is 160 Å². The number of quaternary nitrogens is 1. The molecule has 37 nitrogen and oxygen atoms in total. The third kappa shape index (κ3) is 19.5. The summed E-state index contributed by atoms with van der Waals surface area (Å²) in [4.78, 5) is 82.5. The molecule has 1 amide bonds. The van der Waals surface area contributed by atoms with Gasteiger partial charge in [-0.1, -0.05) is 73.5 Å². The van der Waals surface area contributed by atoms with Gasteiger partial charge in [-0.2, -0.15) is 0 Å². The molecule has 18 atom stereocenters. The van der Waals surface area contributed by atoms with E-state index in [0.29, 0.717) is 45.6 Å². The summed E-state index contributed by atoms with van der Waals surface area (Å²) >= 11 is 14.4. The molecule has 8 heterocycles. The van der Waals surface area contributed by atoms with Crippen molar-refractivity contribution < 1.29 is 140 Å². The minimum Gasteiger partial charge on any atom is -0.668 e. The molecule has 0 radical (unpaired) electrons. The van der Waals surface area contributed by atoms with Gasteiger partial charge < -0.3 is 141 Å². The van der Waals surface area contributed by atoms with Gasteiger partial charge in [-0.3, -0.25) is 9.59 Å². The van der Waals surface area contributed by atoms with Crippen LogP contribution in [0.5, 0.6) is 40.2 Å². The molecule has 2 fully saturated rings. The lowest BCUT2D eigenvalue weighted by Gasteiger charge is -2.48. The number of aliphatic carboxylic acids is 1. The molecule has 132 heavy (non-hydrogen) atoms. The lowest BCUT2D eigenvalue weighted by molar-refractivity contribution is -0.493. The Hall–Kier alpha value is -12.8. The fourth-order valence-corrected chi connectivity index (χ4v) is 17.6. The topological polar surface area (TPSA) is 582 Å². The maximum Gasteiger partial charge on any atom is 0.361 e. The average Bonchev–Trinajstić information content (AvgIpc) is 1.14. The van der Waals surface area contributed by atoms with Crippen LogP contribution in [-0.2, 0) is 33.4 Å². The number of benzene rings is 6. The first kappa shape index (κ1) is 95.3. The molecule has 0 unspecified atom stereocenters. The van der Waals surface area contributed by atoms with Crippen molar-refractivity contribution >= 4 is 105 Å². The quantitative estimate of drug-likeness (QED) is 0.0274. The molecular weight excluding hydrogens is 1760 g/mol. The molecule has 2 saturated heterocycles.